The Morgan fingerprint density at radius 2 is 1.95 bits per heavy atom. The molecule has 2 nitrogen and oxygen atoms in total. The molecule has 0 saturated heterocycles. The molecule has 0 radical (unpaired) electrons. The van der Waals surface area contributed by atoms with Crippen LogP contribution in [0.3, 0.4) is 0 Å². The van der Waals surface area contributed by atoms with Crippen LogP contribution in [0.1, 0.15) is 10.4 Å². The first-order valence-corrected chi connectivity index (χ1v) is 6.03. The van der Waals surface area contributed by atoms with Gasteiger partial charge in [-0.25, -0.2) is 4.39 Å². The Morgan fingerprint density at radius 3 is 2.47 bits per heavy atom. The fraction of sp³-hybridized carbons (Fsp3) is 0.364. The lowest BCUT2D eigenvalue weighted by atomic mass is 10.2. The van der Waals surface area contributed by atoms with E-state index in [-0.39, 0.29) is 17.4 Å². The molecule has 0 N–H and O–H groups in total. The molecule has 0 spiro atoms. The molecule has 8 heteroatoms. The van der Waals surface area contributed by atoms with E-state index in [1.807, 2.05) is 0 Å². The van der Waals surface area contributed by atoms with Crippen LogP contribution in [0.2, 0.25) is 5.02 Å². The van der Waals surface area contributed by atoms with Crippen molar-refractivity contribution in [2.45, 2.75) is 6.18 Å². The number of hydrogen-bond acceptors (Lipinski definition) is 1. The van der Waals surface area contributed by atoms with Crippen molar-refractivity contribution in [2.24, 2.45) is 0 Å². The lowest BCUT2D eigenvalue weighted by Crippen LogP contribution is -2.40. The highest BCUT2D eigenvalue weighted by Gasteiger charge is 2.33. The van der Waals surface area contributed by atoms with Gasteiger partial charge in [0.15, 0.2) is 0 Å². The quantitative estimate of drug-likeness (QED) is 0.612. The number of hydrogen-bond donors (Lipinski definition) is 0. The molecule has 0 fully saturated rings. The Morgan fingerprint density at radius 1 is 1.32 bits per heavy atom. The maximum Gasteiger partial charge on any atom is 0.406 e. The predicted octanol–water partition coefficient (Wildman–Crippen LogP) is 3.72. The van der Waals surface area contributed by atoms with Gasteiger partial charge in [0.1, 0.15) is 12.4 Å². The number of halogens is 6. The van der Waals surface area contributed by atoms with Crippen molar-refractivity contribution in [3.63, 3.8) is 0 Å². The van der Waals surface area contributed by atoms with E-state index in [1.54, 1.807) is 0 Å². The minimum atomic E-state index is -4.59. The first-order chi connectivity index (χ1) is 8.74. The molecule has 0 aromatic heterocycles. The van der Waals surface area contributed by atoms with Gasteiger partial charge >= 0.3 is 6.18 Å². The number of nitrogens with zero attached hydrogens (tertiary/aromatic N) is 1. The molecule has 106 valence electrons. The Labute approximate surface area is 116 Å². The third kappa shape index (κ3) is 4.87. The summed E-state index contributed by atoms with van der Waals surface area (Å²) in [5, 5.41) is 0.0579. The summed E-state index contributed by atoms with van der Waals surface area (Å²) in [5.74, 6) is -2.22. The summed E-state index contributed by atoms with van der Waals surface area (Å²) in [6.07, 6.45) is -4.59. The number of benzene rings is 1. The molecule has 19 heavy (non-hydrogen) atoms. The smallest absolute Gasteiger partial charge is 0.328 e. The van der Waals surface area contributed by atoms with Crippen LogP contribution in [0.25, 0.3) is 0 Å². The molecule has 1 aromatic carbocycles. The van der Waals surface area contributed by atoms with E-state index in [0.717, 1.165) is 12.1 Å². The van der Waals surface area contributed by atoms with Crippen molar-refractivity contribution in [3.05, 3.63) is 34.6 Å². The van der Waals surface area contributed by atoms with E-state index < -0.39 is 30.0 Å². The van der Waals surface area contributed by atoms with E-state index >= 15 is 0 Å². The van der Waals surface area contributed by atoms with Crippen molar-refractivity contribution in [2.75, 3.05) is 19.0 Å². The second kappa shape index (κ2) is 6.43. The molecule has 1 rings (SSSR count). The van der Waals surface area contributed by atoms with Gasteiger partial charge in [-0.05, 0) is 18.2 Å². The molecule has 0 heterocycles. The Bertz CT molecular complexity index is 464. The van der Waals surface area contributed by atoms with Crippen LogP contribution in [-0.4, -0.2) is 36.0 Å². The number of carbonyl (C=O) groups excluding carboxylic acids is 1. The largest absolute Gasteiger partial charge is 0.406 e. The molecular weight excluding hydrogens is 309 g/mol. The van der Waals surface area contributed by atoms with Gasteiger partial charge in [0.2, 0.25) is 0 Å². The van der Waals surface area contributed by atoms with Crippen LogP contribution in [0.15, 0.2) is 18.2 Å². The summed E-state index contributed by atoms with van der Waals surface area (Å²) in [5.41, 5.74) is -0.512. The van der Waals surface area contributed by atoms with Crippen LogP contribution < -0.4 is 0 Å². The van der Waals surface area contributed by atoms with Crippen LogP contribution in [0.4, 0.5) is 17.6 Å². The maximum atomic E-state index is 13.4. The van der Waals surface area contributed by atoms with Gasteiger partial charge in [-0.1, -0.05) is 11.6 Å². The van der Waals surface area contributed by atoms with Crippen LogP contribution in [0, 0.1) is 5.82 Å². The maximum absolute atomic E-state index is 13.4. The Hall–Kier alpha value is -1.01. The molecule has 0 aliphatic rings. The fourth-order valence-electron chi connectivity index (χ4n) is 1.40. The lowest BCUT2D eigenvalue weighted by Gasteiger charge is -2.23. The van der Waals surface area contributed by atoms with Crippen LogP contribution >= 0.6 is 23.2 Å². The zero-order valence-electron chi connectivity index (χ0n) is 9.48. The van der Waals surface area contributed by atoms with Crippen LogP contribution in [0.5, 0.6) is 0 Å². The zero-order chi connectivity index (χ0) is 14.6. The van der Waals surface area contributed by atoms with E-state index in [4.69, 9.17) is 23.2 Å². The van der Waals surface area contributed by atoms with Gasteiger partial charge in [0.05, 0.1) is 5.56 Å². The number of carbonyl (C=O) groups is 1. The molecule has 0 aliphatic carbocycles. The minimum Gasteiger partial charge on any atom is -0.328 e. The van der Waals surface area contributed by atoms with Gasteiger partial charge in [-0.3, -0.25) is 4.79 Å². The van der Waals surface area contributed by atoms with Crippen molar-refractivity contribution < 1.29 is 22.4 Å². The van der Waals surface area contributed by atoms with Crippen LogP contribution in [-0.2, 0) is 0 Å². The SMILES string of the molecule is O=C(c1cc(Cl)ccc1F)N(CCCl)CC(F)(F)F. The molecular formula is C11H9Cl2F4NO. The Balaban J connectivity index is 3.02. The van der Waals surface area contributed by atoms with Crippen molar-refractivity contribution >= 4 is 29.1 Å². The fourth-order valence-corrected chi connectivity index (χ4v) is 1.78. The highest BCUT2D eigenvalue weighted by atomic mass is 35.5. The lowest BCUT2D eigenvalue weighted by molar-refractivity contribution is -0.140. The molecule has 0 bridgehead atoms. The summed E-state index contributed by atoms with van der Waals surface area (Å²) in [6, 6.07) is 3.10. The zero-order valence-corrected chi connectivity index (χ0v) is 11.0. The van der Waals surface area contributed by atoms with E-state index in [9.17, 15) is 22.4 Å². The van der Waals surface area contributed by atoms with Crippen molar-refractivity contribution in [3.8, 4) is 0 Å². The van der Waals surface area contributed by atoms with Crippen molar-refractivity contribution in [1.82, 2.24) is 4.90 Å². The second-order valence-corrected chi connectivity index (χ2v) is 4.47. The van der Waals surface area contributed by atoms with Gasteiger partial charge in [0.25, 0.3) is 5.91 Å². The molecule has 1 amide bonds. The summed E-state index contributed by atoms with van der Waals surface area (Å²) in [4.78, 5) is 12.3. The molecule has 0 saturated carbocycles. The average Bonchev–Trinajstić information content (AvgIpc) is 2.29. The topological polar surface area (TPSA) is 20.3 Å². The Kier molecular flexibility index (Phi) is 5.43. The van der Waals surface area contributed by atoms with E-state index in [0.29, 0.717) is 4.90 Å². The first kappa shape index (κ1) is 16.0. The molecule has 0 unspecified atom stereocenters. The highest BCUT2D eigenvalue weighted by Crippen LogP contribution is 2.21. The monoisotopic (exact) mass is 317 g/mol. The van der Waals surface area contributed by atoms with E-state index in [2.05, 4.69) is 0 Å². The molecule has 1 aromatic rings. The third-order valence-corrected chi connectivity index (χ3v) is 2.57. The number of alkyl halides is 4. The third-order valence-electron chi connectivity index (χ3n) is 2.17. The van der Waals surface area contributed by atoms with Gasteiger partial charge in [0, 0.05) is 17.4 Å². The van der Waals surface area contributed by atoms with E-state index in [1.165, 1.54) is 6.07 Å². The minimum absolute atomic E-state index is 0.0579. The second-order valence-electron chi connectivity index (χ2n) is 3.66. The normalized spacial score (nSPS) is 11.5. The number of amides is 1. The number of rotatable bonds is 4. The van der Waals surface area contributed by atoms with Gasteiger partial charge < -0.3 is 4.90 Å². The summed E-state index contributed by atoms with van der Waals surface area (Å²) in [7, 11) is 0. The molecule has 0 aliphatic heterocycles. The average molecular weight is 318 g/mol. The summed E-state index contributed by atoms with van der Waals surface area (Å²) >= 11 is 10.9. The van der Waals surface area contributed by atoms with Crippen molar-refractivity contribution in [1.29, 1.82) is 0 Å². The van der Waals surface area contributed by atoms with Gasteiger partial charge in [-0.2, -0.15) is 13.2 Å². The highest BCUT2D eigenvalue weighted by molar-refractivity contribution is 6.31. The summed E-state index contributed by atoms with van der Waals surface area (Å²) in [6.45, 7) is -1.84. The predicted molar refractivity (Wildman–Crippen MR) is 64.1 cm³/mol. The van der Waals surface area contributed by atoms with Gasteiger partial charge in [-0.15, -0.1) is 11.6 Å². The first-order valence-electron chi connectivity index (χ1n) is 5.11. The summed E-state index contributed by atoms with van der Waals surface area (Å²) < 4.78 is 50.4. The molecule has 0 atom stereocenters. The standard InChI is InChI=1S/C11H9Cl2F4NO/c12-3-4-18(6-11(15,16)17)10(19)8-5-7(13)1-2-9(8)14/h1-2,5H,3-4,6H2.